The van der Waals surface area contributed by atoms with Gasteiger partial charge in [-0.25, -0.2) is 9.56 Å². The van der Waals surface area contributed by atoms with Crippen molar-refractivity contribution in [3.05, 3.63) is 47.3 Å². The Hall–Kier alpha value is -3.31. The second kappa shape index (κ2) is 11.3. The molecule has 40 heavy (non-hydrogen) atoms. The molecular formula is C29H38F3N8+. The van der Waals surface area contributed by atoms with Crippen LogP contribution in [0.3, 0.4) is 0 Å². The average Bonchev–Trinajstić information content (AvgIpc) is 3.34. The van der Waals surface area contributed by atoms with E-state index < -0.39 is 11.9 Å². The first kappa shape index (κ1) is 28.2. The van der Waals surface area contributed by atoms with Crippen LogP contribution in [0.25, 0.3) is 22.2 Å². The molecule has 2 aliphatic rings. The van der Waals surface area contributed by atoms with Gasteiger partial charge in [-0.05, 0) is 42.4 Å². The third-order valence-electron chi connectivity index (χ3n) is 8.50. The van der Waals surface area contributed by atoms with E-state index in [0.717, 1.165) is 50.5 Å². The van der Waals surface area contributed by atoms with Crippen molar-refractivity contribution >= 4 is 23.1 Å². The van der Waals surface area contributed by atoms with Gasteiger partial charge in [-0.3, -0.25) is 10.00 Å². The van der Waals surface area contributed by atoms with Gasteiger partial charge in [-0.1, -0.05) is 38.5 Å². The number of hydrogen-bond acceptors (Lipinski definition) is 5. The topological polar surface area (TPSA) is 110 Å². The van der Waals surface area contributed by atoms with Crippen LogP contribution in [0.2, 0.25) is 0 Å². The summed E-state index contributed by atoms with van der Waals surface area (Å²) < 4.78 is 43.8. The smallest absolute Gasteiger partial charge is 0.322 e. The number of halogens is 3. The minimum absolute atomic E-state index is 0.0888. The minimum Gasteiger partial charge on any atom is -0.322 e. The summed E-state index contributed by atoms with van der Waals surface area (Å²) in [5.74, 6) is 1.20. The quantitative estimate of drug-likeness (QED) is 0.185. The molecule has 0 spiro atoms. The molecule has 2 aromatic heterocycles. The first-order valence-electron chi connectivity index (χ1n) is 13.9. The Bertz CT molecular complexity index is 1410. The van der Waals surface area contributed by atoms with Crippen LogP contribution in [0.15, 0.2) is 30.3 Å². The fraction of sp³-hybridized carbons (Fsp3) is 0.517. The van der Waals surface area contributed by atoms with E-state index in [1.165, 1.54) is 6.34 Å². The standard InChI is InChI=1S/C29H37F3N8/c1-17(2)23-14-35-10-11-40(23)15-22-27-21(13-24(36-22)29(30,31)32)26(37-38-27)20-9-5-8-19(12-20)25(18-6-4-7-18)28(34)39(3)16-33/h5,8-9,12-13,16-18,23,25,33-35H,4,6-7,10-11,14-15H2,1-3H3,(H,36,37,38)/p+1/t23-,25-/m1/s1. The largest absolute Gasteiger partial charge is 0.433 e. The third-order valence-corrected chi connectivity index (χ3v) is 8.50. The monoisotopic (exact) mass is 555 g/mol. The van der Waals surface area contributed by atoms with Gasteiger partial charge in [-0.2, -0.15) is 23.7 Å². The molecule has 0 unspecified atom stereocenters. The first-order valence-corrected chi connectivity index (χ1v) is 13.9. The van der Waals surface area contributed by atoms with Crippen molar-refractivity contribution in [2.75, 3.05) is 26.7 Å². The van der Waals surface area contributed by atoms with Gasteiger partial charge in [0.25, 0.3) is 0 Å². The van der Waals surface area contributed by atoms with E-state index in [1.54, 1.807) is 11.6 Å². The summed E-state index contributed by atoms with van der Waals surface area (Å²) >= 11 is 0. The van der Waals surface area contributed by atoms with Crippen LogP contribution < -0.4 is 11.1 Å². The lowest BCUT2D eigenvalue weighted by molar-refractivity contribution is -0.365. The summed E-state index contributed by atoms with van der Waals surface area (Å²) in [5, 5.41) is 19.0. The number of benzene rings is 1. The van der Waals surface area contributed by atoms with Gasteiger partial charge in [-0.15, -0.1) is 0 Å². The van der Waals surface area contributed by atoms with E-state index in [0.29, 0.717) is 52.1 Å². The highest BCUT2D eigenvalue weighted by Crippen LogP contribution is 2.41. The fourth-order valence-corrected chi connectivity index (χ4v) is 6.01. The number of aromatic nitrogens is 3. The van der Waals surface area contributed by atoms with Crippen LogP contribution in [0, 0.1) is 17.2 Å². The number of pyridine rings is 1. The number of fused-ring (bicyclic) bond motifs is 1. The van der Waals surface area contributed by atoms with Crippen LogP contribution in [0.5, 0.6) is 0 Å². The van der Waals surface area contributed by atoms with Gasteiger partial charge >= 0.3 is 6.18 Å². The molecule has 3 heterocycles. The number of nitrogens with zero attached hydrogens (tertiary/aromatic N) is 4. The molecule has 8 nitrogen and oxygen atoms in total. The van der Waals surface area contributed by atoms with Crippen LogP contribution >= 0.6 is 0 Å². The van der Waals surface area contributed by atoms with Crippen molar-refractivity contribution in [3.63, 3.8) is 0 Å². The fourth-order valence-electron chi connectivity index (χ4n) is 6.01. The maximum atomic E-state index is 14.1. The molecule has 3 aromatic rings. The summed E-state index contributed by atoms with van der Waals surface area (Å²) in [6.07, 6.45) is -0.175. The Morgan fingerprint density at radius 3 is 2.70 bits per heavy atom. The molecule has 1 saturated carbocycles. The highest BCUT2D eigenvalue weighted by molar-refractivity contribution is 5.95. The zero-order valence-electron chi connectivity index (χ0n) is 23.2. The van der Waals surface area contributed by atoms with Crippen molar-refractivity contribution in [2.45, 2.75) is 57.8 Å². The average molecular weight is 556 g/mol. The number of amidine groups is 1. The van der Waals surface area contributed by atoms with Crippen LogP contribution in [-0.4, -0.2) is 69.6 Å². The maximum absolute atomic E-state index is 14.1. The molecule has 2 fully saturated rings. The lowest BCUT2D eigenvalue weighted by Gasteiger charge is -2.38. The van der Waals surface area contributed by atoms with Crippen LogP contribution in [0.1, 0.15) is 56.0 Å². The summed E-state index contributed by atoms with van der Waals surface area (Å²) in [7, 11) is 1.76. The molecule has 5 N–H and O–H groups in total. The Balaban J connectivity index is 1.59. The molecule has 1 aliphatic heterocycles. The lowest BCUT2D eigenvalue weighted by atomic mass is 9.72. The summed E-state index contributed by atoms with van der Waals surface area (Å²) in [6, 6.07) is 9.04. The Morgan fingerprint density at radius 2 is 2.05 bits per heavy atom. The molecule has 0 amide bonds. The van der Waals surface area contributed by atoms with E-state index in [4.69, 9.17) is 11.1 Å². The second-order valence-electron chi connectivity index (χ2n) is 11.4. The Morgan fingerprint density at radius 1 is 1.27 bits per heavy atom. The van der Waals surface area contributed by atoms with Gasteiger partial charge in [0.05, 0.1) is 24.2 Å². The zero-order valence-corrected chi connectivity index (χ0v) is 23.2. The van der Waals surface area contributed by atoms with E-state index in [2.05, 4.69) is 39.2 Å². The molecule has 11 heteroatoms. The number of piperazine rings is 1. The molecule has 2 atom stereocenters. The number of rotatable bonds is 8. The zero-order chi connectivity index (χ0) is 28.6. The summed E-state index contributed by atoms with van der Waals surface area (Å²) in [5.41, 5.74) is 8.61. The second-order valence-corrected chi connectivity index (χ2v) is 11.4. The maximum Gasteiger partial charge on any atom is 0.433 e. The lowest BCUT2D eigenvalue weighted by Crippen LogP contribution is -2.53. The number of nitrogens with two attached hydrogens (primary N) is 1. The summed E-state index contributed by atoms with van der Waals surface area (Å²) in [4.78, 5) is 6.32. The molecule has 1 aliphatic carbocycles. The van der Waals surface area contributed by atoms with Crippen LogP contribution in [0.4, 0.5) is 13.2 Å². The number of hydrogen-bond donors (Lipinski definition) is 4. The molecule has 1 aromatic carbocycles. The van der Waals surface area contributed by atoms with Gasteiger partial charge in [0.15, 0.2) is 0 Å². The number of alkyl halides is 3. The predicted molar refractivity (Wildman–Crippen MR) is 150 cm³/mol. The number of aromatic amines is 1. The summed E-state index contributed by atoms with van der Waals surface area (Å²) in [6.45, 7) is 6.86. The Labute approximate surface area is 232 Å². The molecular weight excluding hydrogens is 517 g/mol. The molecule has 5 rings (SSSR count). The van der Waals surface area contributed by atoms with Gasteiger partial charge in [0.1, 0.15) is 11.4 Å². The van der Waals surface area contributed by atoms with Gasteiger partial charge < -0.3 is 11.1 Å². The van der Waals surface area contributed by atoms with E-state index in [9.17, 15) is 13.2 Å². The van der Waals surface area contributed by atoms with Gasteiger partial charge in [0, 0.05) is 43.2 Å². The first-order chi connectivity index (χ1) is 19.1. The molecule has 0 radical (unpaired) electrons. The predicted octanol–water partition coefficient (Wildman–Crippen LogP) is 4.56. The molecule has 214 valence electrons. The minimum atomic E-state index is -4.59. The Kier molecular flexibility index (Phi) is 7.96. The normalized spacial score (nSPS) is 20.4. The molecule has 1 saturated heterocycles. The van der Waals surface area contributed by atoms with E-state index in [1.807, 2.05) is 24.3 Å². The van der Waals surface area contributed by atoms with E-state index >= 15 is 0 Å². The van der Waals surface area contributed by atoms with Gasteiger partial charge in [0.2, 0.25) is 12.2 Å². The highest BCUT2D eigenvalue weighted by Gasteiger charge is 2.36. The number of nitrogens with one attached hydrogen (secondary N) is 3. The molecule has 0 bridgehead atoms. The van der Waals surface area contributed by atoms with Crippen molar-refractivity contribution in [2.24, 2.45) is 17.6 Å². The SMILES string of the molecule is CC(C)[C@H]1CNCCN1Cc1nc(C(F)(F)F)cc2c(-c3cccc([C@H](C(N)=[N+](C)C=N)C4CCC4)c3)n[nH]c12. The van der Waals surface area contributed by atoms with Crippen molar-refractivity contribution in [1.82, 2.24) is 25.4 Å². The highest BCUT2D eigenvalue weighted by atomic mass is 19.4. The van der Waals surface area contributed by atoms with Crippen molar-refractivity contribution < 1.29 is 17.7 Å². The number of H-pyrrole nitrogens is 1. The van der Waals surface area contributed by atoms with Crippen molar-refractivity contribution in [3.8, 4) is 11.3 Å². The van der Waals surface area contributed by atoms with E-state index in [-0.39, 0.29) is 12.0 Å². The van der Waals surface area contributed by atoms with Crippen LogP contribution in [-0.2, 0) is 12.7 Å². The third kappa shape index (κ3) is 5.49. The van der Waals surface area contributed by atoms with Crippen molar-refractivity contribution in [1.29, 1.82) is 5.41 Å².